The molecule has 0 saturated heterocycles. The number of aryl methyl sites for hydroxylation is 1. The Bertz CT molecular complexity index is 406. The Morgan fingerprint density at radius 2 is 2.44 bits per heavy atom. The zero-order valence-corrected chi connectivity index (χ0v) is 9.62. The highest BCUT2D eigenvalue weighted by Crippen LogP contribution is 2.29. The van der Waals surface area contributed by atoms with Crippen LogP contribution in [0.15, 0.2) is 18.2 Å². The number of rotatable bonds is 4. The molecule has 1 aliphatic heterocycles. The maximum atomic E-state index is 5.83. The van der Waals surface area contributed by atoms with Crippen molar-refractivity contribution in [2.24, 2.45) is 0 Å². The third-order valence-corrected chi connectivity index (χ3v) is 2.78. The van der Waals surface area contributed by atoms with Gasteiger partial charge in [-0.05, 0) is 18.6 Å². The Kier molecular flexibility index (Phi) is 3.48. The third kappa shape index (κ3) is 2.56. The molecule has 0 radical (unpaired) electrons. The van der Waals surface area contributed by atoms with E-state index < -0.39 is 0 Å². The first-order valence-corrected chi connectivity index (χ1v) is 5.70. The molecule has 1 aliphatic rings. The standard InChI is InChI=1S/C14H17NO/c1-3-4-7-15-10-13-9-12-8-11(2)5-6-14(12)16-13/h1,5-6,8,13,15H,4,7,9-10H2,2H3. The maximum Gasteiger partial charge on any atom is 0.123 e. The minimum Gasteiger partial charge on any atom is -0.488 e. The van der Waals surface area contributed by atoms with E-state index in [1.165, 1.54) is 11.1 Å². The average Bonchev–Trinajstić information content (AvgIpc) is 2.66. The van der Waals surface area contributed by atoms with Crippen molar-refractivity contribution in [3.63, 3.8) is 0 Å². The summed E-state index contributed by atoms with van der Waals surface area (Å²) in [5.74, 6) is 3.65. The van der Waals surface area contributed by atoms with Gasteiger partial charge in [0, 0.05) is 25.9 Å². The van der Waals surface area contributed by atoms with Crippen LogP contribution in [0.2, 0.25) is 0 Å². The molecule has 0 aliphatic carbocycles. The fraction of sp³-hybridized carbons (Fsp3) is 0.429. The second kappa shape index (κ2) is 5.05. The fourth-order valence-corrected chi connectivity index (χ4v) is 1.99. The van der Waals surface area contributed by atoms with Gasteiger partial charge in [-0.25, -0.2) is 0 Å². The monoisotopic (exact) mass is 215 g/mol. The van der Waals surface area contributed by atoms with Crippen LogP contribution < -0.4 is 10.1 Å². The molecule has 0 amide bonds. The average molecular weight is 215 g/mol. The molecule has 1 aromatic rings. The number of benzene rings is 1. The van der Waals surface area contributed by atoms with E-state index in [0.29, 0.717) is 0 Å². The topological polar surface area (TPSA) is 21.3 Å². The van der Waals surface area contributed by atoms with E-state index in [4.69, 9.17) is 11.2 Å². The first-order valence-electron chi connectivity index (χ1n) is 5.70. The van der Waals surface area contributed by atoms with E-state index >= 15 is 0 Å². The van der Waals surface area contributed by atoms with Crippen LogP contribution in [-0.2, 0) is 6.42 Å². The molecule has 0 fully saturated rings. The van der Waals surface area contributed by atoms with Gasteiger partial charge in [-0.3, -0.25) is 0 Å². The van der Waals surface area contributed by atoms with E-state index in [2.05, 4.69) is 36.4 Å². The molecule has 1 aromatic carbocycles. The number of terminal acetylenes is 1. The smallest absolute Gasteiger partial charge is 0.123 e. The number of hydrogen-bond donors (Lipinski definition) is 1. The van der Waals surface area contributed by atoms with Crippen molar-refractivity contribution in [2.75, 3.05) is 13.1 Å². The first-order chi connectivity index (χ1) is 7.79. The molecule has 16 heavy (non-hydrogen) atoms. The Morgan fingerprint density at radius 3 is 3.25 bits per heavy atom. The van der Waals surface area contributed by atoms with Crippen LogP contribution in [0.5, 0.6) is 5.75 Å². The van der Waals surface area contributed by atoms with Crippen molar-refractivity contribution in [1.29, 1.82) is 0 Å². The van der Waals surface area contributed by atoms with Crippen molar-refractivity contribution < 1.29 is 4.74 Å². The zero-order chi connectivity index (χ0) is 11.4. The van der Waals surface area contributed by atoms with Crippen LogP contribution in [-0.4, -0.2) is 19.2 Å². The van der Waals surface area contributed by atoms with Crippen molar-refractivity contribution in [3.8, 4) is 18.1 Å². The van der Waals surface area contributed by atoms with Crippen LogP contribution >= 0.6 is 0 Å². The molecule has 1 N–H and O–H groups in total. The quantitative estimate of drug-likeness (QED) is 0.612. The molecule has 1 atom stereocenters. The van der Waals surface area contributed by atoms with Gasteiger partial charge in [0.05, 0.1) is 0 Å². The van der Waals surface area contributed by atoms with Gasteiger partial charge in [0.1, 0.15) is 11.9 Å². The van der Waals surface area contributed by atoms with Crippen LogP contribution in [0.25, 0.3) is 0 Å². The molecule has 2 heteroatoms. The normalized spacial score (nSPS) is 17.6. The lowest BCUT2D eigenvalue weighted by Crippen LogP contribution is -2.30. The molecule has 1 unspecified atom stereocenters. The summed E-state index contributed by atoms with van der Waals surface area (Å²) in [6.07, 6.45) is 7.22. The summed E-state index contributed by atoms with van der Waals surface area (Å²) in [7, 11) is 0. The van der Waals surface area contributed by atoms with E-state index in [1.807, 2.05) is 0 Å². The number of fused-ring (bicyclic) bond motifs is 1. The Hall–Kier alpha value is -1.46. The van der Waals surface area contributed by atoms with E-state index in [9.17, 15) is 0 Å². The van der Waals surface area contributed by atoms with Gasteiger partial charge in [-0.1, -0.05) is 17.7 Å². The van der Waals surface area contributed by atoms with Gasteiger partial charge in [0.25, 0.3) is 0 Å². The van der Waals surface area contributed by atoms with Crippen LogP contribution in [0, 0.1) is 19.3 Å². The van der Waals surface area contributed by atoms with Gasteiger partial charge in [-0.15, -0.1) is 12.3 Å². The number of hydrogen-bond acceptors (Lipinski definition) is 2. The second-order valence-electron chi connectivity index (χ2n) is 4.21. The fourth-order valence-electron chi connectivity index (χ4n) is 1.99. The molecule has 2 nitrogen and oxygen atoms in total. The summed E-state index contributed by atoms with van der Waals surface area (Å²) in [5, 5.41) is 3.31. The van der Waals surface area contributed by atoms with Crippen LogP contribution in [0.3, 0.4) is 0 Å². The highest BCUT2D eigenvalue weighted by atomic mass is 16.5. The lowest BCUT2D eigenvalue weighted by molar-refractivity contribution is 0.228. The third-order valence-electron chi connectivity index (χ3n) is 2.78. The van der Waals surface area contributed by atoms with Gasteiger partial charge >= 0.3 is 0 Å². The summed E-state index contributed by atoms with van der Waals surface area (Å²) in [6, 6.07) is 6.36. The predicted octanol–water partition coefficient (Wildman–Crippen LogP) is 1.91. The summed E-state index contributed by atoms with van der Waals surface area (Å²) in [4.78, 5) is 0. The largest absolute Gasteiger partial charge is 0.488 e. The van der Waals surface area contributed by atoms with Crippen LogP contribution in [0.1, 0.15) is 17.5 Å². The molecule has 0 saturated carbocycles. The second-order valence-corrected chi connectivity index (χ2v) is 4.21. The first kappa shape index (κ1) is 11.0. The molecule has 1 heterocycles. The SMILES string of the molecule is C#CCCNCC1Cc2cc(C)ccc2O1. The van der Waals surface area contributed by atoms with Gasteiger partial charge in [0.15, 0.2) is 0 Å². The van der Waals surface area contributed by atoms with Gasteiger partial charge in [-0.2, -0.15) is 0 Å². The van der Waals surface area contributed by atoms with E-state index in [0.717, 1.165) is 31.7 Å². The van der Waals surface area contributed by atoms with Gasteiger partial charge < -0.3 is 10.1 Å². The molecule has 0 aromatic heterocycles. The highest BCUT2D eigenvalue weighted by molar-refractivity contribution is 5.40. The maximum absolute atomic E-state index is 5.83. The zero-order valence-electron chi connectivity index (χ0n) is 9.62. The molecule has 2 rings (SSSR count). The van der Waals surface area contributed by atoms with Crippen molar-refractivity contribution in [1.82, 2.24) is 5.32 Å². The Balaban J connectivity index is 1.84. The van der Waals surface area contributed by atoms with Crippen molar-refractivity contribution in [3.05, 3.63) is 29.3 Å². The number of nitrogens with one attached hydrogen (secondary N) is 1. The molecule has 0 spiro atoms. The number of ether oxygens (including phenoxy) is 1. The van der Waals surface area contributed by atoms with E-state index in [1.54, 1.807) is 0 Å². The summed E-state index contributed by atoms with van der Waals surface area (Å²) in [5.41, 5.74) is 2.62. The van der Waals surface area contributed by atoms with Gasteiger partial charge in [0.2, 0.25) is 0 Å². The lowest BCUT2D eigenvalue weighted by Gasteiger charge is -2.10. The molecule has 0 bridgehead atoms. The summed E-state index contributed by atoms with van der Waals surface area (Å²) < 4.78 is 5.83. The summed E-state index contributed by atoms with van der Waals surface area (Å²) >= 11 is 0. The molecular formula is C14H17NO. The van der Waals surface area contributed by atoms with Crippen molar-refractivity contribution in [2.45, 2.75) is 25.9 Å². The van der Waals surface area contributed by atoms with Crippen LogP contribution in [0.4, 0.5) is 0 Å². The summed E-state index contributed by atoms with van der Waals surface area (Å²) in [6.45, 7) is 3.85. The van der Waals surface area contributed by atoms with Crippen molar-refractivity contribution >= 4 is 0 Å². The lowest BCUT2D eigenvalue weighted by atomic mass is 10.1. The molecular weight excluding hydrogens is 198 g/mol. The Morgan fingerprint density at radius 1 is 1.56 bits per heavy atom. The predicted molar refractivity (Wildman–Crippen MR) is 65.6 cm³/mol. The minimum atomic E-state index is 0.259. The Labute approximate surface area is 97.0 Å². The highest BCUT2D eigenvalue weighted by Gasteiger charge is 2.21. The minimum absolute atomic E-state index is 0.259. The molecule has 84 valence electrons. The van der Waals surface area contributed by atoms with E-state index in [-0.39, 0.29) is 6.10 Å².